The molecule has 3 N–H and O–H groups in total. The molecule has 2 aromatic carbocycles. The number of carbonyl (C=O) groups excluding carboxylic acids is 1. The molecule has 27 heavy (non-hydrogen) atoms. The maximum absolute atomic E-state index is 11.5. The van der Waals surface area contributed by atoms with Crippen molar-refractivity contribution in [3.05, 3.63) is 59.2 Å². The molecule has 0 radical (unpaired) electrons. The average molecular weight is 363 g/mol. The average Bonchev–Trinajstić information content (AvgIpc) is 3.05. The number of amides is 1. The van der Waals surface area contributed by atoms with Crippen LogP contribution in [0.2, 0.25) is 0 Å². The highest BCUT2D eigenvalue weighted by atomic mass is 16.1. The molecule has 2 aromatic rings. The lowest BCUT2D eigenvalue weighted by Crippen LogP contribution is -2.42. The van der Waals surface area contributed by atoms with Gasteiger partial charge in [-0.3, -0.25) is 4.79 Å². The van der Waals surface area contributed by atoms with Gasteiger partial charge in [0.25, 0.3) is 0 Å². The highest BCUT2D eigenvalue weighted by Crippen LogP contribution is 2.36. The number of primary amides is 1. The van der Waals surface area contributed by atoms with Crippen molar-refractivity contribution in [3.8, 4) is 11.1 Å². The van der Waals surface area contributed by atoms with Gasteiger partial charge < -0.3 is 11.1 Å². The SMILES string of the molecule is CC1(C)CCC(NC2Cc3ccc(-c4cccc(C(N)=O)c4)cc3C2)CC1. The van der Waals surface area contributed by atoms with Crippen LogP contribution in [0.3, 0.4) is 0 Å². The van der Waals surface area contributed by atoms with Crippen LogP contribution in [-0.2, 0) is 12.8 Å². The molecule has 0 spiro atoms. The summed E-state index contributed by atoms with van der Waals surface area (Å²) in [4.78, 5) is 11.5. The monoisotopic (exact) mass is 362 g/mol. The highest BCUT2D eigenvalue weighted by molar-refractivity contribution is 5.94. The molecule has 3 nitrogen and oxygen atoms in total. The van der Waals surface area contributed by atoms with Gasteiger partial charge in [-0.25, -0.2) is 0 Å². The summed E-state index contributed by atoms with van der Waals surface area (Å²) in [6, 6.07) is 15.5. The van der Waals surface area contributed by atoms with E-state index in [2.05, 4.69) is 37.4 Å². The molecule has 0 saturated heterocycles. The number of benzene rings is 2. The summed E-state index contributed by atoms with van der Waals surface area (Å²) in [5, 5.41) is 3.92. The first-order valence-electron chi connectivity index (χ1n) is 10.2. The van der Waals surface area contributed by atoms with Crippen molar-refractivity contribution in [3.63, 3.8) is 0 Å². The summed E-state index contributed by atoms with van der Waals surface area (Å²) < 4.78 is 0. The smallest absolute Gasteiger partial charge is 0.248 e. The van der Waals surface area contributed by atoms with E-state index in [0.717, 1.165) is 24.0 Å². The molecule has 1 saturated carbocycles. The Hall–Kier alpha value is -2.13. The van der Waals surface area contributed by atoms with Gasteiger partial charge in [0.05, 0.1) is 0 Å². The van der Waals surface area contributed by atoms with Crippen LogP contribution >= 0.6 is 0 Å². The fraction of sp³-hybridized carbons (Fsp3) is 0.458. The summed E-state index contributed by atoms with van der Waals surface area (Å²) in [6.45, 7) is 4.78. The molecule has 3 heteroatoms. The second kappa shape index (κ2) is 7.12. The van der Waals surface area contributed by atoms with E-state index in [4.69, 9.17) is 5.73 Å². The van der Waals surface area contributed by atoms with Crippen molar-refractivity contribution < 1.29 is 4.79 Å². The molecular formula is C24H30N2O. The zero-order valence-electron chi connectivity index (χ0n) is 16.4. The standard InChI is InChI=1S/C24H30N2O/c1-24(2)10-8-21(9-11-24)26-22-14-18-7-6-17(13-20(18)15-22)16-4-3-5-19(12-16)23(25)27/h3-7,12-13,21-22,26H,8-11,14-15H2,1-2H3,(H2,25,27). The van der Waals surface area contributed by atoms with E-state index < -0.39 is 0 Å². The van der Waals surface area contributed by atoms with Crippen LogP contribution in [0.15, 0.2) is 42.5 Å². The van der Waals surface area contributed by atoms with Gasteiger partial charge in [-0.1, -0.05) is 44.2 Å². The first kappa shape index (κ1) is 18.2. The minimum absolute atomic E-state index is 0.377. The molecular weight excluding hydrogens is 332 g/mol. The molecule has 1 amide bonds. The Balaban J connectivity index is 1.44. The van der Waals surface area contributed by atoms with Crippen LogP contribution in [0.5, 0.6) is 0 Å². The minimum atomic E-state index is -0.377. The Morgan fingerprint density at radius 3 is 2.41 bits per heavy atom. The molecule has 0 bridgehead atoms. The van der Waals surface area contributed by atoms with Gasteiger partial charge in [0.2, 0.25) is 5.91 Å². The van der Waals surface area contributed by atoms with E-state index in [9.17, 15) is 4.79 Å². The topological polar surface area (TPSA) is 55.1 Å². The lowest BCUT2D eigenvalue weighted by atomic mass is 9.75. The maximum atomic E-state index is 11.5. The van der Waals surface area contributed by atoms with Crippen LogP contribution in [0.25, 0.3) is 11.1 Å². The molecule has 0 heterocycles. The Morgan fingerprint density at radius 1 is 0.963 bits per heavy atom. The van der Waals surface area contributed by atoms with Gasteiger partial charge >= 0.3 is 0 Å². The number of nitrogens with two attached hydrogens (primary N) is 1. The zero-order valence-corrected chi connectivity index (χ0v) is 16.4. The third-order valence-electron chi connectivity index (χ3n) is 6.43. The van der Waals surface area contributed by atoms with Crippen molar-refractivity contribution in [2.45, 2.75) is 64.5 Å². The van der Waals surface area contributed by atoms with Crippen LogP contribution in [0.1, 0.15) is 61.0 Å². The van der Waals surface area contributed by atoms with Gasteiger partial charge in [0.1, 0.15) is 0 Å². The maximum Gasteiger partial charge on any atom is 0.248 e. The number of fused-ring (bicyclic) bond motifs is 1. The molecule has 2 aliphatic rings. The molecule has 1 fully saturated rings. The van der Waals surface area contributed by atoms with Crippen LogP contribution in [-0.4, -0.2) is 18.0 Å². The molecule has 0 aliphatic heterocycles. The van der Waals surface area contributed by atoms with Gasteiger partial charge in [0, 0.05) is 17.6 Å². The number of nitrogens with one attached hydrogen (secondary N) is 1. The van der Waals surface area contributed by atoms with Gasteiger partial charge in [0.15, 0.2) is 0 Å². The zero-order chi connectivity index (χ0) is 19.0. The van der Waals surface area contributed by atoms with E-state index in [0.29, 0.717) is 23.1 Å². The highest BCUT2D eigenvalue weighted by Gasteiger charge is 2.30. The fourth-order valence-corrected chi connectivity index (χ4v) is 4.67. The fourth-order valence-electron chi connectivity index (χ4n) is 4.67. The van der Waals surface area contributed by atoms with Gasteiger partial charge in [-0.15, -0.1) is 0 Å². The first-order chi connectivity index (χ1) is 12.9. The molecule has 2 aliphatic carbocycles. The lowest BCUT2D eigenvalue weighted by molar-refractivity contribution is 0.100. The van der Waals surface area contributed by atoms with Crippen molar-refractivity contribution in [1.29, 1.82) is 0 Å². The Morgan fingerprint density at radius 2 is 1.67 bits per heavy atom. The predicted octanol–water partition coefficient (Wildman–Crippen LogP) is 4.48. The van der Waals surface area contributed by atoms with E-state index in [1.807, 2.05) is 18.2 Å². The summed E-state index contributed by atoms with van der Waals surface area (Å²) >= 11 is 0. The van der Waals surface area contributed by atoms with Crippen molar-refractivity contribution in [2.75, 3.05) is 0 Å². The molecule has 1 unspecified atom stereocenters. The predicted molar refractivity (Wildman–Crippen MR) is 111 cm³/mol. The number of rotatable bonds is 4. The largest absolute Gasteiger partial charge is 0.366 e. The van der Waals surface area contributed by atoms with Gasteiger partial charge in [-0.05, 0) is 78.3 Å². The summed E-state index contributed by atoms with van der Waals surface area (Å²) in [6.07, 6.45) is 7.46. The Kier molecular flexibility index (Phi) is 4.81. The Bertz CT molecular complexity index is 845. The van der Waals surface area contributed by atoms with Crippen molar-refractivity contribution in [2.24, 2.45) is 11.1 Å². The number of hydrogen-bond donors (Lipinski definition) is 2. The molecule has 1 atom stereocenters. The molecule has 142 valence electrons. The second-order valence-electron chi connectivity index (χ2n) is 9.14. The molecule has 0 aromatic heterocycles. The third-order valence-corrected chi connectivity index (χ3v) is 6.43. The number of hydrogen-bond acceptors (Lipinski definition) is 2. The van der Waals surface area contributed by atoms with Crippen LogP contribution in [0.4, 0.5) is 0 Å². The normalized spacial score (nSPS) is 21.8. The first-order valence-corrected chi connectivity index (χ1v) is 10.2. The summed E-state index contributed by atoms with van der Waals surface area (Å²) in [5.74, 6) is -0.377. The van der Waals surface area contributed by atoms with E-state index >= 15 is 0 Å². The van der Waals surface area contributed by atoms with Gasteiger partial charge in [-0.2, -0.15) is 0 Å². The van der Waals surface area contributed by atoms with Crippen LogP contribution < -0.4 is 11.1 Å². The Labute approximate surface area is 162 Å². The quantitative estimate of drug-likeness (QED) is 0.843. The number of carbonyl (C=O) groups is 1. The van der Waals surface area contributed by atoms with Crippen molar-refractivity contribution >= 4 is 5.91 Å². The van der Waals surface area contributed by atoms with E-state index in [1.165, 1.54) is 36.8 Å². The lowest BCUT2D eigenvalue weighted by Gasteiger charge is -2.36. The molecule has 4 rings (SSSR count). The second-order valence-corrected chi connectivity index (χ2v) is 9.14. The summed E-state index contributed by atoms with van der Waals surface area (Å²) in [5.41, 5.74) is 11.6. The third kappa shape index (κ3) is 4.08. The van der Waals surface area contributed by atoms with E-state index in [-0.39, 0.29) is 5.91 Å². The summed E-state index contributed by atoms with van der Waals surface area (Å²) in [7, 11) is 0. The minimum Gasteiger partial charge on any atom is -0.366 e. The van der Waals surface area contributed by atoms with E-state index in [1.54, 1.807) is 6.07 Å². The van der Waals surface area contributed by atoms with Crippen LogP contribution in [0, 0.1) is 5.41 Å². The van der Waals surface area contributed by atoms with Crippen molar-refractivity contribution in [1.82, 2.24) is 5.32 Å².